The van der Waals surface area contributed by atoms with Crippen molar-refractivity contribution in [3.63, 3.8) is 0 Å². The van der Waals surface area contributed by atoms with Gasteiger partial charge < -0.3 is 9.15 Å². The molecule has 3 aromatic rings. The zero-order chi connectivity index (χ0) is 15.0. The molecule has 0 aliphatic heterocycles. The molecule has 0 unspecified atom stereocenters. The number of hydrogen-bond donors (Lipinski definition) is 0. The quantitative estimate of drug-likeness (QED) is 0.608. The van der Waals surface area contributed by atoms with Crippen LogP contribution in [0.5, 0.6) is 5.75 Å². The summed E-state index contributed by atoms with van der Waals surface area (Å²) in [5.41, 5.74) is 2.58. The summed E-state index contributed by atoms with van der Waals surface area (Å²) >= 11 is 2.05. The van der Waals surface area contributed by atoms with Crippen LogP contribution in [0.1, 0.15) is 5.56 Å². The molecule has 3 rings (SSSR count). The maximum atomic E-state index is 12.5. The molecule has 2 aromatic carbocycles. The molecule has 0 saturated heterocycles. The highest BCUT2D eigenvalue weighted by Crippen LogP contribution is 2.28. The van der Waals surface area contributed by atoms with Crippen molar-refractivity contribution in [1.29, 1.82) is 0 Å². The summed E-state index contributed by atoms with van der Waals surface area (Å²) in [6.07, 6.45) is 0. The van der Waals surface area contributed by atoms with Gasteiger partial charge in [-0.2, -0.15) is 0 Å². The predicted molar refractivity (Wildman–Crippen MR) is 91.9 cm³/mol. The maximum Gasteiger partial charge on any atom is 0.206 e. The fourth-order valence-corrected chi connectivity index (χ4v) is 2.88. The molecule has 3 nitrogen and oxygen atoms in total. The first-order valence-electron chi connectivity index (χ1n) is 6.47. The first-order valence-corrected chi connectivity index (χ1v) is 7.55. The third-order valence-corrected chi connectivity index (χ3v) is 4.34. The predicted octanol–water partition coefficient (Wildman–Crippen LogP) is 4.38. The Balaban J connectivity index is 2.30. The average Bonchev–Trinajstić information content (AvgIpc) is 2.51. The molecule has 0 bridgehead atoms. The van der Waals surface area contributed by atoms with E-state index in [1.165, 1.54) is 5.56 Å². The number of methoxy groups -OCH3 is 1. The Hall–Kier alpha value is -1.82. The van der Waals surface area contributed by atoms with E-state index < -0.39 is 0 Å². The minimum atomic E-state index is -0.0184. The first kappa shape index (κ1) is 14.1. The van der Waals surface area contributed by atoms with Gasteiger partial charge in [0.1, 0.15) is 14.9 Å². The normalized spacial score (nSPS) is 10.8. The van der Waals surface area contributed by atoms with Gasteiger partial charge >= 0.3 is 0 Å². The van der Waals surface area contributed by atoms with Crippen LogP contribution in [0.25, 0.3) is 22.3 Å². The molecule has 0 saturated carbocycles. The van der Waals surface area contributed by atoms with Gasteiger partial charge in [0, 0.05) is 11.6 Å². The van der Waals surface area contributed by atoms with E-state index in [-0.39, 0.29) is 5.43 Å². The molecule has 1 aromatic heterocycles. The highest BCUT2D eigenvalue weighted by molar-refractivity contribution is 14.1. The number of halogens is 1. The van der Waals surface area contributed by atoms with Gasteiger partial charge in [-0.3, -0.25) is 4.79 Å². The van der Waals surface area contributed by atoms with Crippen molar-refractivity contribution in [2.75, 3.05) is 7.11 Å². The van der Waals surface area contributed by atoms with E-state index in [1.807, 2.05) is 53.8 Å². The van der Waals surface area contributed by atoms with E-state index in [1.54, 1.807) is 25.3 Å². The molecule has 0 N–H and O–H groups in total. The van der Waals surface area contributed by atoms with Crippen LogP contribution in [-0.2, 0) is 0 Å². The Bertz CT molecular complexity index is 864. The Labute approximate surface area is 135 Å². The first-order chi connectivity index (χ1) is 10.1. The van der Waals surface area contributed by atoms with Gasteiger partial charge in [-0.05, 0) is 41.6 Å². The fraction of sp³-hybridized carbons (Fsp3) is 0.118. The van der Waals surface area contributed by atoms with E-state index in [0.29, 0.717) is 26.0 Å². The molecule has 0 aliphatic rings. The summed E-state index contributed by atoms with van der Waals surface area (Å²) in [6.45, 7) is 2.02. The van der Waals surface area contributed by atoms with E-state index in [4.69, 9.17) is 9.15 Å². The minimum absolute atomic E-state index is 0.0184. The highest BCUT2D eigenvalue weighted by atomic mass is 127. The number of hydrogen-bond acceptors (Lipinski definition) is 3. The molecule has 0 aliphatic carbocycles. The number of fused-ring (bicyclic) bond motifs is 1. The van der Waals surface area contributed by atoms with Crippen molar-refractivity contribution in [3.05, 3.63) is 61.8 Å². The Kier molecular flexibility index (Phi) is 3.71. The van der Waals surface area contributed by atoms with E-state index in [9.17, 15) is 4.79 Å². The lowest BCUT2D eigenvalue weighted by Gasteiger charge is -2.07. The third-order valence-electron chi connectivity index (χ3n) is 3.36. The highest BCUT2D eigenvalue weighted by Gasteiger charge is 2.14. The third kappa shape index (κ3) is 2.55. The lowest BCUT2D eigenvalue weighted by molar-refractivity contribution is 0.414. The van der Waals surface area contributed by atoms with E-state index in [0.717, 1.165) is 5.56 Å². The molecular weight excluding hydrogens is 379 g/mol. The fourth-order valence-electron chi connectivity index (χ4n) is 2.17. The van der Waals surface area contributed by atoms with Gasteiger partial charge in [-0.1, -0.05) is 29.8 Å². The minimum Gasteiger partial charge on any atom is -0.497 e. The Morgan fingerprint density at radius 3 is 2.48 bits per heavy atom. The summed E-state index contributed by atoms with van der Waals surface area (Å²) in [4.78, 5) is 12.5. The summed E-state index contributed by atoms with van der Waals surface area (Å²) in [7, 11) is 1.59. The van der Waals surface area contributed by atoms with Gasteiger partial charge in [0.15, 0.2) is 5.76 Å². The molecular formula is C17H13IO3. The monoisotopic (exact) mass is 392 g/mol. The lowest BCUT2D eigenvalue weighted by Crippen LogP contribution is -2.07. The zero-order valence-corrected chi connectivity index (χ0v) is 13.8. The topological polar surface area (TPSA) is 39.4 Å². The SMILES string of the molecule is COc1ccc2c(=O)c(I)c(-c3ccc(C)cc3)oc2c1. The second kappa shape index (κ2) is 5.52. The molecule has 0 fully saturated rings. The number of benzene rings is 2. The molecule has 0 spiro atoms. The Morgan fingerprint density at radius 2 is 1.81 bits per heavy atom. The molecule has 1 heterocycles. The van der Waals surface area contributed by atoms with Crippen LogP contribution in [0.2, 0.25) is 0 Å². The largest absolute Gasteiger partial charge is 0.497 e. The van der Waals surface area contributed by atoms with Gasteiger partial charge in [0.05, 0.1) is 12.5 Å². The smallest absolute Gasteiger partial charge is 0.206 e. The standard InChI is InChI=1S/C17H13IO3/c1-10-3-5-11(6-4-10)17-15(18)16(19)13-8-7-12(20-2)9-14(13)21-17/h3-9H,1-2H3. The number of ether oxygens (including phenoxy) is 1. The molecule has 106 valence electrons. The zero-order valence-electron chi connectivity index (χ0n) is 11.6. The summed E-state index contributed by atoms with van der Waals surface area (Å²) < 4.78 is 11.7. The second-order valence-corrected chi connectivity index (χ2v) is 5.88. The lowest BCUT2D eigenvalue weighted by atomic mass is 10.1. The van der Waals surface area contributed by atoms with Crippen molar-refractivity contribution in [3.8, 4) is 17.1 Å². The molecule has 0 atom stereocenters. The van der Waals surface area contributed by atoms with Gasteiger partial charge in [0.25, 0.3) is 0 Å². The van der Waals surface area contributed by atoms with Gasteiger partial charge in [-0.25, -0.2) is 0 Å². The molecule has 4 heteroatoms. The van der Waals surface area contributed by atoms with Crippen molar-refractivity contribution in [1.82, 2.24) is 0 Å². The number of aryl methyl sites for hydroxylation is 1. The second-order valence-electron chi connectivity index (χ2n) is 4.80. The van der Waals surface area contributed by atoms with Crippen LogP contribution >= 0.6 is 22.6 Å². The maximum absolute atomic E-state index is 12.5. The van der Waals surface area contributed by atoms with E-state index >= 15 is 0 Å². The molecule has 0 radical (unpaired) electrons. The number of rotatable bonds is 2. The van der Waals surface area contributed by atoms with Crippen molar-refractivity contribution < 1.29 is 9.15 Å². The average molecular weight is 392 g/mol. The summed E-state index contributed by atoms with van der Waals surface area (Å²) in [5.74, 6) is 1.27. The van der Waals surface area contributed by atoms with Gasteiger partial charge in [0.2, 0.25) is 5.43 Å². The van der Waals surface area contributed by atoms with Crippen LogP contribution in [-0.4, -0.2) is 7.11 Å². The van der Waals surface area contributed by atoms with Crippen LogP contribution in [0.15, 0.2) is 51.7 Å². The molecule has 0 amide bonds. The summed E-state index contributed by atoms with van der Waals surface area (Å²) in [6, 6.07) is 13.2. The van der Waals surface area contributed by atoms with Crippen LogP contribution < -0.4 is 10.2 Å². The van der Waals surface area contributed by atoms with Crippen molar-refractivity contribution in [2.45, 2.75) is 6.92 Å². The van der Waals surface area contributed by atoms with Crippen molar-refractivity contribution in [2.24, 2.45) is 0 Å². The molecule has 21 heavy (non-hydrogen) atoms. The van der Waals surface area contributed by atoms with E-state index in [2.05, 4.69) is 0 Å². The van der Waals surface area contributed by atoms with Crippen molar-refractivity contribution >= 4 is 33.6 Å². The van der Waals surface area contributed by atoms with Crippen LogP contribution in [0.3, 0.4) is 0 Å². The Morgan fingerprint density at radius 1 is 1.10 bits per heavy atom. The van der Waals surface area contributed by atoms with Crippen LogP contribution in [0, 0.1) is 10.5 Å². The summed E-state index contributed by atoms with van der Waals surface area (Å²) in [5, 5.41) is 0.566. The van der Waals surface area contributed by atoms with Crippen LogP contribution in [0.4, 0.5) is 0 Å². The van der Waals surface area contributed by atoms with Gasteiger partial charge in [-0.15, -0.1) is 0 Å².